The van der Waals surface area contributed by atoms with Gasteiger partial charge in [-0.25, -0.2) is 0 Å². The van der Waals surface area contributed by atoms with E-state index in [4.69, 9.17) is 9.47 Å². The molecule has 2 saturated carbocycles. The van der Waals surface area contributed by atoms with Gasteiger partial charge in [0.1, 0.15) is 5.76 Å². The fourth-order valence-electron chi connectivity index (χ4n) is 6.60. The third-order valence-corrected chi connectivity index (χ3v) is 7.95. The second-order valence-corrected chi connectivity index (χ2v) is 8.77. The maximum atomic E-state index is 12.3. The number of carbonyl (C=O) groups is 2. The van der Waals surface area contributed by atoms with E-state index in [1.807, 2.05) is 0 Å². The first kappa shape index (κ1) is 16.2. The summed E-state index contributed by atoms with van der Waals surface area (Å²) >= 11 is 0. The van der Waals surface area contributed by atoms with E-state index < -0.39 is 0 Å². The van der Waals surface area contributed by atoms with Gasteiger partial charge in [0.15, 0.2) is 0 Å². The van der Waals surface area contributed by atoms with Crippen LogP contribution in [0.5, 0.6) is 0 Å². The Morgan fingerprint density at radius 2 is 2.00 bits per heavy atom. The molecule has 4 heteroatoms. The average molecular weight is 332 g/mol. The third kappa shape index (κ3) is 2.04. The van der Waals surface area contributed by atoms with Crippen LogP contribution in [0.2, 0.25) is 0 Å². The molecule has 3 fully saturated rings. The van der Waals surface area contributed by atoms with Crippen molar-refractivity contribution in [2.45, 2.75) is 58.8 Å². The fraction of sp³-hybridized carbons (Fsp3) is 0.800. The van der Waals surface area contributed by atoms with Gasteiger partial charge in [0.2, 0.25) is 0 Å². The lowest BCUT2D eigenvalue weighted by molar-refractivity contribution is -0.157. The van der Waals surface area contributed by atoms with E-state index in [1.165, 1.54) is 7.11 Å². The van der Waals surface area contributed by atoms with Gasteiger partial charge in [0.05, 0.1) is 13.0 Å². The van der Waals surface area contributed by atoms with Crippen molar-refractivity contribution in [2.75, 3.05) is 7.11 Å². The highest BCUT2D eigenvalue weighted by Crippen LogP contribution is 2.65. The highest BCUT2D eigenvalue weighted by molar-refractivity contribution is 5.74. The number of carbonyl (C=O) groups excluding carboxylic acids is 2. The molecule has 0 N–H and O–H groups in total. The number of methoxy groups -OCH3 is 1. The maximum absolute atomic E-state index is 12.3. The number of hydrogen-bond donors (Lipinski definition) is 0. The van der Waals surface area contributed by atoms with Crippen LogP contribution in [0, 0.1) is 34.5 Å². The molecular formula is C20H28O4. The first-order valence-electron chi connectivity index (χ1n) is 9.39. The van der Waals surface area contributed by atoms with Crippen LogP contribution < -0.4 is 0 Å². The van der Waals surface area contributed by atoms with E-state index in [-0.39, 0.29) is 28.7 Å². The lowest BCUT2D eigenvalue weighted by Gasteiger charge is -2.56. The zero-order chi connectivity index (χ0) is 17.1. The standard InChI is InChI=1S/C20H28O4/c1-19-10-8-14-12(13(19)5-6-15(19)18(22)23-3)4-7-16-20(14,2)11-9-17(21)24-16/h7,12-15H,4-6,8-11H2,1-3H3/t12-,13-,14+,15?,19-,20+/m0/s1. The van der Waals surface area contributed by atoms with Crippen LogP contribution in [0.15, 0.2) is 11.8 Å². The van der Waals surface area contributed by atoms with Crippen LogP contribution in [-0.4, -0.2) is 19.0 Å². The molecule has 3 aliphatic carbocycles. The Bertz CT molecular complexity index is 609. The predicted octanol–water partition coefficient (Wildman–Crippen LogP) is 3.85. The molecule has 0 spiro atoms. The van der Waals surface area contributed by atoms with Gasteiger partial charge < -0.3 is 9.47 Å². The monoisotopic (exact) mass is 332 g/mol. The van der Waals surface area contributed by atoms with Crippen molar-refractivity contribution < 1.29 is 19.1 Å². The molecule has 0 bridgehead atoms. The van der Waals surface area contributed by atoms with Crippen molar-refractivity contribution in [1.82, 2.24) is 0 Å². The van der Waals surface area contributed by atoms with Crippen molar-refractivity contribution in [3.8, 4) is 0 Å². The van der Waals surface area contributed by atoms with Crippen LogP contribution in [0.1, 0.15) is 58.8 Å². The van der Waals surface area contributed by atoms with Crippen molar-refractivity contribution in [2.24, 2.45) is 34.5 Å². The molecule has 1 unspecified atom stereocenters. The van der Waals surface area contributed by atoms with Crippen molar-refractivity contribution in [1.29, 1.82) is 0 Å². The van der Waals surface area contributed by atoms with Gasteiger partial charge >= 0.3 is 11.9 Å². The number of rotatable bonds is 1. The minimum atomic E-state index is -0.0792. The largest absolute Gasteiger partial charge is 0.469 e. The Balaban J connectivity index is 1.65. The second kappa shape index (κ2) is 5.34. The average Bonchev–Trinajstić information content (AvgIpc) is 2.92. The minimum absolute atomic E-state index is 0.00150. The highest BCUT2D eigenvalue weighted by atomic mass is 16.5. The molecule has 1 aliphatic heterocycles. The number of hydrogen-bond acceptors (Lipinski definition) is 4. The van der Waals surface area contributed by atoms with Gasteiger partial charge in [-0.15, -0.1) is 0 Å². The Morgan fingerprint density at radius 3 is 2.75 bits per heavy atom. The summed E-state index contributed by atoms with van der Waals surface area (Å²) in [6.45, 7) is 4.60. The summed E-state index contributed by atoms with van der Waals surface area (Å²) in [6, 6.07) is 0. The summed E-state index contributed by atoms with van der Waals surface area (Å²) in [4.78, 5) is 24.0. The summed E-state index contributed by atoms with van der Waals surface area (Å²) in [5.74, 6) is 2.62. The Morgan fingerprint density at radius 1 is 1.21 bits per heavy atom. The van der Waals surface area contributed by atoms with Crippen LogP contribution in [-0.2, 0) is 19.1 Å². The summed E-state index contributed by atoms with van der Waals surface area (Å²) in [6.07, 6.45) is 8.88. The molecule has 24 heavy (non-hydrogen) atoms. The molecule has 0 aromatic heterocycles. The summed E-state index contributed by atoms with van der Waals surface area (Å²) in [5.41, 5.74) is 0.0722. The smallest absolute Gasteiger partial charge is 0.310 e. The Hall–Kier alpha value is -1.32. The molecule has 1 heterocycles. The van der Waals surface area contributed by atoms with Crippen molar-refractivity contribution in [3.05, 3.63) is 11.8 Å². The number of esters is 2. The van der Waals surface area contributed by atoms with E-state index in [1.54, 1.807) is 0 Å². The van der Waals surface area contributed by atoms with Gasteiger partial charge in [-0.3, -0.25) is 9.59 Å². The first-order valence-corrected chi connectivity index (χ1v) is 9.39. The molecule has 6 atom stereocenters. The molecule has 132 valence electrons. The van der Waals surface area contributed by atoms with Gasteiger partial charge in [-0.05, 0) is 67.8 Å². The molecule has 1 saturated heterocycles. The van der Waals surface area contributed by atoms with Crippen LogP contribution in [0.25, 0.3) is 0 Å². The summed E-state index contributed by atoms with van der Waals surface area (Å²) in [7, 11) is 1.51. The normalized spacial score (nSPS) is 47.0. The molecule has 4 aliphatic rings. The molecule has 4 rings (SSSR count). The molecule has 4 nitrogen and oxygen atoms in total. The molecule has 0 aromatic rings. The SMILES string of the molecule is COC(=O)C1CC[C@H]2[C@@H]3CC=C4OC(=O)CC[C@]4(C)[C@@H]3CC[C@]12C. The highest BCUT2D eigenvalue weighted by Gasteiger charge is 2.60. The Kier molecular flexibility index (Phi) is 3.59. The minimum Gasteiger partial charge on any atom is -0.469 e. The predicted molar refractivity (Wildman–Crippen MR) is 88.7 cm³/mol. The fourth-order valence-corrected chi connectivity index (χ4v) is 6.60. The number of ether oxygens (including phenoxy) is 2. The molecule has 0 aromatic carbocycles. The van der Waals surface area contributed by atoms with Gasteiger partial charge in [0.25, 0.3) is 0 Å². The van der Waals surface area contributed by atoms with E-state index in [2.05, 4.69) is 19.9 Å². The van der Waals surface area contributed by atoms with Crippen LogP contribution in [0.3, 0.4) is 0 Å². The zero-order valence-corrected chi connectivity index (χ0v) is 15.0. The van der Waals surface area contributed by atoms with E-state index in [9.17, 15) is 9.59 Å². The summed E-state index contributed by atoms with van der Waals surface area (Å²) in [5, 5.41) is 0. The van der Waals surface area contributed by atoms with Crippen LogP contribution >= 0.6 is 0 Å². The van der Waals surface area contributed by atoms with Gasteiger partial charge in [-0.2, -0.15) is 0 Å². The molecule has 0 amide bonds. The van der Waals surface area contributed by atoms with E-state index in [0.717, 1.165) is 44.3 Å². The lowest BCUT2D eigenvalue weighted by atomic mass is 9.49. The van der Waals surface area contributed by atoms with E-state index in [0.29, 0.717) is 24.2 Å². The lowest BCUT2D eigenvalue weighted by Crippen LogP contribution is -2.51. The molecular weight excluding hydrogens is 304 g/mol. The quantitative estimate of drug-likeness (QED) is 0.684. The first-order chi connectivity index (χ1) is 11.4. The third-order valence-electron chi connectivity index (χ3n) is 7.95. The van der Waals surface area contributed by atoms with Crippen molar-refractivity contribution in [3.63, 3.8) is 0 Å². The Labute approximate surface area is 144 Å². The zero-order valence-electron chi connectivity index (χ0n) is 15.0. The van der Waals surface area contributed by atoms with Crippen molar-refractivity contribution >= 4 is 11.9 Å². The van der Waals surface area contributed by atoms with E-state index >= 15 is 0 Å². The summed E-state index contributed by atoms with van der Waals surface area (Å²) < 4.78 is 10.7. The number of allylic oxidation sites excluding steroid dienone is 2. The topological polar surface area (TPSA) is 52.6 Å². The van der Waals surface area contributed by atoms with Crippen LogP contribution in [0.4, 0.5) is 0 Å². The number of fused-ring (bicyclic) bond motifs is 5. The van der Waals surface area contributed by atoms with Gasteiger partial charge in [-0.1, -0.05) is 13.8 Å². The molecule has 0 radical (unpaired) electrons. The second-order valence-electron chi connectivity index (χ2n) is 8.77. The van der Waals surface area contributed by atoms with Gasteiger partial charge in [0, 0.05) is 11.8 Å². The maximum Gasteiger partial charge on any atom is 0.310 e.